The molecule has 0 saturated heterocycles. The summed E-state index contributed by atoms with van der Waals surface area (Å²) < 4.78 is 6.00. The summed E-state index contributed by atoms with van der Waals surface area (Å²) in [6.07, 6.45) is 2.40. The molecule has 3 aromatic rings. The van der Waals surface area contributed by atoms with Crippen LogP contribution in [0.3, 0.4) is 0 Å². The van der Waals surface area contributed by atoms with Crippen LogP contribution in [0, 0.1) is 6.92 Å². The molecule has 1 atom stereocenters. The fourth-order valence-electron chi connectivity index (χ4n) is 4.15. The maximum atomic E-state index is 11.6. The zero-order valence-corrected chi connectivity index (χ0v) is 17.8. The normalized spacial score (nSPS) is 15.0. The van der Waals surface area contributed by atoms with E-state index in [-0.39, 0.29) is 11.5 Å². The Hall–Kier alpha value is -3.54. The number of para-hydroxylation sites is 1. The first-order chi connectivity index (χ1) is 15.1. The number of carboxylic acid groups (broad SMARTS) is 1. The molecule has 6 nitrogen and oxygen atoms in total. The third-order valence-electron chi connectivity index (χ3n) is 5.75. The van der Waals surface area contributed by atoms with Crippen LogP contribution in [0.4, 0.5) is 17.1 Å². The maximum Gasteiger partial charge on any atom is 0.337 e. The fourth-order valence-corrected chi connectivity index (χ4v) is 4.15. The van der Waals surface area contributed by atoms with E-state index in [0.29, 0.717) is 24.5 Å². The molecule has 0 saturated carbocycles. The van der Waals surface area contributed by atoms with Gasteiger partial charge >= 0.3 is 5.97 Å². The van der Waals surface area contributed by atoms with Gasteiger partial charge in [0.1, 0.15) is 5.75 Å². The molecule has 6 heteroatoms. The van der Waals surface area contributed by atoms with Crippen LogP contribution in [0.1, 0.15) is 40.9 Å². The molecular formula is C25H27N3O3. The van der Waals surface area contributed by atoms with Crippen LogP contribution in [0.25, 0.3) is 0 Å². The highest BCUT2D eigenvalue weighted by Gasteiger charge is 2.24. The van der Waals surface area contributed by atoms with Crippen molar-refractivity contribution in [3.63, 3.8) is 0 Å². The first-order valence-corrected chi connectivity index (χ1v) is 10.6. The molecule has 0 bridgehead atoms. The van der Waals surface area contributed by atoms with E-state index in [0.717, 1.165) is 35.7 Å². The largest absolute Gasteiger partial charge is 0.493 e. The van der Waals surface area contributed by atoms with Crippen molar-refractivity contribution in [3.05, 3.63) is 77.6 Å². The molecule has 1 aromatic heterocycles. The highest BCUT2D eigenvalue weighted by molar-refractivity contribution is 5.94. The van der Waals surface area contributed by atoms with E-state index in [9.17, 15) is 9.90 Å². The third-order valence-corrected chi connectivity index (χ3v) is 5.75. The van der Waals surface area contributed by atoms with Crippen molar-refractivity contribution in [2.24, 2.45) is 0 Å². The second kappa shape index (κ2) is 9.08. The van der Waals surface area contributed by atoms with Crippen LogP contribution in [0.5, 0.6) is 5.75 Å². The molecule has 0 spiro atoms. The zero-order valence-electron chi connectivity index (χ0n) is 17.8. The Kier molecular flexibility index (Phi) is 6.07. The second-order valence-corrected chi connectivity index (χ2v) is 7.64. The third kappa shape index (κ3) is 4.33. The minimum absolute atomic E-state index is 0.228. The van der Waals surface area contributed by atoms with Crippen molar-refractivity contribution in [2.45, 2.75) is 26.2 Å². The number of anilines is 3. The summed E-state index contributed by atoms with van der Waals surface area (Å²) in [5, 5.41) is 12.8. The summed E-state index contributed by atoms with van der Waals surface area (Å²) in [5.74, 6) is 0.169. The van der Waals surface area contributed by atoms with E-state index >= 15 is 0 Å². The van der Waals surface area contributed by atoms with Gasteiger partial charge < -0.3 is 20.1 Å². The number of aromatic nitrogens is 1. The number of hydrogen-bond acceptors (Lipinski definition) is 5. The molecule has 1 aliphatic rings. The number of aryl methyl sites for hydroxylation is 1. The Bertz CT molecular complexity index is 1070. The van der Waals surface area contributed by atoms with Gasteiger partial charge in [-0.15, -0.1) is 0 Å². The van der Waals surface area contributed by atoms with Gasteiger partial charge in [-0.05, 0) is 50.1 Å². The van der Waals surface area contributed by atoms with E-state index in [1.165, 1.54) is 12.3 Å². The van der Waals surface area contributed by atoms with E-state index < -0.39 is 5.97 Å². The van der Waals surface area contributed by atoms with Crippen molar-refractivity contribution in [1.29, 1.82) is 0 Å². The quantitative estimate of drug-likeness (QED) is 0.549. The molecule has 1 aliphatic heterocycles. The number of nitrogens with zero attached hydrogens (tertiary/aromatic N) is 2. The van der Waals surface area contributed by atoms with Gasteiger partial charge in [0.05, 0.1) is 23.6 Å². The molecule has 2 heterocycles. The lowest BCUT2D eigenvalue weighted by atomic mass is 9.92. The second-order valence-electron chi connectivity index (χ2n) is 7.64. The number of nitrogens with one attached hydrogen (secondary N) is 1. The minimum Gasteiger partial charge on any atom is -0.493 e. The summed E-state index contributed by atoms with van der Waals surface area (Å²) in [7, 11) is 0. The van der Waals surface area contributed by atoms with Gasteiger partial charge in [0.15, 0.2) is 0 Å². The number of carboxylic acids is 1. The maximum absolute atomic E-state index is 11.6. The lowest BCUT2D eigenvalue weighted by Gasteiger charge is -2.29. The average Bonchev–Trinajstić information content (AvgIpc) is 2.79. The van der Waals surface area contributed by atoms with Gasteiger partial charge in [-0.25, -0.2) is 4.79 Å². The van der Waals surface area contributed by atoms with Crippen molar-refractivity contribution >= 4 is 23.0 Å². The molecule has 31 heavy (non-hydrogen) atoms. The van der Waals surface area contributed by atoms with Gasteiger partial charge in [0.25, 0.3) is 0 Å². The lowest BCUT2D eigenvalue weighted by molar-refractivity contribution is 0.0697. The molecule has 0 unspecified atom stereocenters. The monoisotopic (exact) mass is 417 g/mol. The average molecular weight is 418 g/mol. The van der Waals surface area contributed by atoms with Crippen molar-refractivity contribution < 1.29 is 14.6 Å². The first-order valence-electron chi connectivity index (χ1n) is 10.6. The molecule has 160 valence electrons. The van der Waals surface area contributed by atoms with Crippen LogP contribution in [-0.2, 0) is 0 Å². The number of rotatable bonds is 7. The minimum atomic E-state index is -0.953. The molecule has 4 rings (SSSR count). The topological polar surface area (TPSA) is 74.7 Å². The van der Waals surface area contributed by atoms with Gasteiger partial charge in [-0.1, -0.05) is 24.3 Å². The van der Waals surface area contributed by atoms with E-state index in [1.54, 1.807) is 0 Å². The number of hydrogen-bond donors (Lipinski definition) is 2. The van der Waals surface area contributed by atoms with Gasteiger partial charge in [0.2, 0.25) is 0 Å². The highest BCUT2D eigenvalue weighted by atomic mass is 16.5. The number of pyridine rings is 1. The molecule has 2 N–H and O–H groups in total. The standard InChI is InChI=1S/C25H27N3O3/c1-3-28(19-7-5-4-6-8-19)20-9-10-21-18(12-14-31-23(21)15-20)16-27-24-17(2)26-13-11-22(24)25(29)30/h4-11,13,15,18,27H,3,12,14,16H2,1-2H3,(H,29,30)/t18-/m0/s1. The Morgan fingerprint density at radius 1 is 1.19 bits per heavy atom. The Labute approximate surface area is 182 Å². The van der Waals surface area contributed by atoms with Crippen LogP contribution in [-0.4, -0.2) is 35.8 Å². The van der Waals surface area contributed by atoms with Crippen molar-refractivity contribution in [1.82, 2.24) is 4.98 Å². The van der Waals surface area contributed by atoms with E-state index in [4.69, 9.17) is 4.74 Å². The molecular weight excluding hydrogens is 390 g/mol. The highest BCUT2D eigenvalue weighted by Crippen LogP contribution is 2.38. The molecule has 2 aromatic carbocycles. The molecule has 0 aliphatic carbocycles. The van der Waals surface area contributed by atoms with Crippen molar-refractivity contribution in [3.8, 4) is 5.75 Å². The van der Waals surface area contributed by atoms with Crippen LogP contribution >= 0.6 is 0 Å². The number of aromatic carboxylic acids is 1. The van der Waals surface area contributed by atoms with E-state index in [2.05, 4.69) is 52.5 Å². The van der Waals surface area contributed by atoms with Gasteiger partial charge in [-0.3, -0.25) is 4.98 Å². The Balaban J connectivity index is 1.56. The smallest absolute Gasteiger partial charge is 0.337 e. The lowest BCUT2D eigenvalue weighted by Crippen LogP contribution is -2.23. The van der Waals surface area contributed by atoms with Crippen LogP contribution in [0.2, 0.25) is 0 Å². The molecule has 0 amide bonds. The molecule has 0 radical (unpaired) electrons. The SMILES string of the molecule is CCN(c1ccccc1)c1ccc2c(c1)OCC[C@H]2CNc1c(C(=O)O)ccnc1C. The Morgan fingerprint density at radius 3 is 2.74 bits per heavy atom. The number of ether oxygens (including phenoxy) is 1. The van der Waals surface area contributed by atoms with Gasteiger partial charge in [0, 0.05) is 42.6 Å². The van der Waals surface area contributed by atoms with Gasteiger partial charge in [-0.2, -0.15) is 0 Å². The summed E-state index contributed by atoms with van der Waals surface area (Å²) in [5.41, 5.74) is 4.90. The summed E-state index contributed by atoms with van der Waals surface area (Å²) in [6.45, 7) is 6.07. The zero-order chi connectivity index (χ0) is 21.8. The van der Waals surface area contributed by atoms with Crippen LogP contribution in [0.15, 0.2) is 60.8 Å². The fraction of sp³-hybridized carbons (Fsp3) is 0.280. The summed E-state index contributed by atoms with van der Waals surface area (Å²) in [4.78, 5) is 18.1. The summed E-state index contributed by atoms with van der Waals surface area (Å²) in [6, 6.07) is 18.2. The number of fused-ring (bicyclic) bond motifs is 1. The predicted molar refractivity (Wildman–Crippen MR) is 123 cm³/mol. The first kappa shape index (κ1) is 20.7. The number of benzene rings is 2. The van der Waals surface area contributed by atoms with Crippen LogP contribution < -0.4 is 15.0 Å². The molecule has 0 fully saturated rings. The van der Waals surface area contributed by atoms with E-state index in [1.807, 2.05) is 25.1 Å². The Morgan fingerprint density at radius 2 is 2.00 bits per heavy atom. The number of carbonyl (C=O) groups is 1. The summed E-state index contributed by atoms with van der Waals surface area (Å²) >= 11 is 0. The van der Waals surface area contributed by atoms with Crippen molar-refractivity contribution in [2.75, 3.05) is 29.9 Å². The predicted octanol–water partition coefficient (Wildman–Crippen LogP) is 5.22.